The molecule has 146 valence electrons. The summed E-state index contributed by atoms with van der Waals surface area (Å²) in [6.45, 7) is 5.24. The van der Waals surface area contributed by atoms with Gasteiger partial charge < -0.3 is 4.90 Å². The van der Waals surface area contributed by atoms with E-state index in [0.717, 1.165) is 12.0 Å². The molecule has 0 saturated carbocycles. The van der Waals surface area contributed by atoms with E-state index < -0.39 is 0 Å². The maximum absolute atomic E-state index is 13.0. The lowest BCUT2D eigenvalue weighted by Crippen LogP contribution is -2.35. The Balaban J connectivity index is 2.03. The summed E-state index contributed by atoms with van der Waals surface area (Å²) in [5.41, 5.74) is 2.37. The number of rotatable bonds is 7. The van der Waals surface area contributed by atoms with Crippen LogP contribution in [-0.4, -0.2) is 46.2 Å². The summed E-state index contributed by atoms with van der Waals surface area (Å²) in [5.74, 6) is -0.612. The van der Waals surface area contributed by atoms with Crippen LogP contribution in [-0.2, 0) is 16.0 Å². The standard InChI is InChI=1S/C21H21Cl2N3O2/c1-3-25(12-9-14-7-10-24-11-8-14)19-18(20(27)26(4-2)21(19)28)16-6-5-15(22)13-17(16)23/h5-8,10-11,13H,3-4,9,12H2,1-2H3. The third-order valence-corrected chi connectivity index (χ3v) is 5.33. The largest absolute Gasteiger partial charge is 0.366 e. The Labute approximate surface area is 174 Å². The first-order chi connectivity index (χ1) is 13.5. The molecule has 1 aliphatic rings. The first-order valence-corrected chi connectivity index (χ1v) is 9.93. The normalized spacial score (nSPS) is 14.2. The molecular weight excluding hydrogens is 397 g/mol. The number of carbonyl (C=O) groups excluding carboxylic acids is 2. The molecule has 0 radical (unpaired) electrons. The lowest BCUT2D eigenvalue weighted by molar-refractivity contribution is -0.137. The molecule has 3 rings (SSSR count). The molecule has 0 saturated heterocycles. The van der Waals surface area contributed by atoms with E-state index in [4.69, 9.17) is 23.2 Å². The van der Waals surface area contributed by atoms with Gasteiger partial charge in [-0.05, 0) is 50.1 Å². The van der Waals surface area contributed by atoms with Crippen LogP contribution in [0.5, 0.6) is 0 Å². The van der Waals surface area contributed by atoms with Crippen LogP contribution in [0.4, 0.5) is 0 Å². The van der Waals surface area contributed by atoms with Crippen LogP contribution in [0, 0.1) is 0 Å². The van der Waals surface area contributed by atoms with Crippen LogP contribution in [0.25, 0.3) is 5.57 Å². The van der Waals surface area contributed by atoms with E-state index in [1.165, 1.54) is 4.90 Å². The Bertz CT molecular complexity index is 929. The van der Waals surface area contributed by atoms with Crippen molar-refractivity contribution >= 4 is 40.6 Å². The van der Waals surface area contributed by atoms with Gasteiger partial charge in [0.1, 0.15) is 5.70 Å². The Kier molecular flexibility index (Phi) is 6.37. The number of benzene rings is 1. The topological polar surface area (TPSA) is 53.5 Å². The Morgan fingerprint density at radius 3 is 2.36 bits per heavy atom. The molecule has 2 amide bonds. The molecule has 0 aliphatic carbocycles. The summed E-state index contributed by atoms with van der Waals surface area (Å²) in [6.07, 6.45) is 4.22. The molecule has 0 bridgehead atoms. The molecule has 0 unspecified atom stereocenters. The maximum Gasteiger partial charge on any atom is 0.277 e. The van der Waals surface area contributed by atoms with Crippen molar-refractivity contribution in [2.24, 2.45) is 0 Å². The molecule has 0 N–H and O–H groups in total. The Morgan fingerprint density at radius 2 is 1.75 bits per heavy atom. The van der Waals surface area contributed by atoms with E-state index in [1.807, 2.05) is 24.0 Å². The van der Waals surface area contributed by atoms with Gasteiger partial charge in [0, 0.05) is 42.6 Å². The van der Waals surface area contributed by atoms with Crippen molar-refractivity contribution in [2.75, 3.05) is 19.6 Å². The third kappa shape index (κ3) is 3.91. The molecule has 1 aromatic carbocycles. The monoisotopic (exact) mass is 417 g/mol. The zero-order valence-corrected chi connectivity index (χ0v) is 17.3. The summed E-state index contributed by atoms with van der Waals surface area (Å²) in [5, 5.41) is 0.828. The number of aromatic nitrogens is 1. The quantitative estimate of drug-likeness (QED) is 0.637. The second-order valence-corrected chi connectivity index (χ2v) is 7.23. The molecule has 1 aromatic heterocycles. The van der Waals surface area contributed by atoms with Gasteiger partial charge in [0.15, 0.2) is 0 Å². The van der Waals surface area contributed by atoms with E-state index >= 15 is 0 Å². The second-order valence-electron chi connectivity index (χ2n) is 6.39. The number of halogens is 2. The van der Waals surface area contributed by atoms with E-state index in [9.17, 15) is 9.59 Å². The van der Waals surface area contributed by atoms with Gasteiger partial charge in [0.05, 0.1) is 10.6 Å². The minimum absolute atomic E-state index is 0.287. The van der Waals surface area contributed by atoms with Gasteiger partial charge in [-0.3, -0.25) is 19.5 Å². The molecule has 0 atom stereocenters. The third-order valence-electron chi connectivity index (χ3n) is 4.78. The lowest BCUT2D eigenvalue weighted by Gasteiger charge is -2.24. The van der Waals surface area contributed by atoms with Crippen molar-refractivity contribution in [2.45, 2.75) is 20.3 Å². The average Bonchev–Trinajstić information content (AvgIpc) is 2.93. The van der Waals surface area contributed by atoms with Crippen LogP contribution in [0.1, 0.15) is 25.0 Å². The summed E-state index contributed by atoms with van der Waals surface area (Å²) >= 11 is 12.4. The number of carbonyl (C=O) groups is 2. The second kappa shape index (κ2) is 8.76. The van der Waals surface area contributed by atoms with Crippen molar-refractivity contribution in [1.82, 2.24) is 14.8 Å². The molecule has 2 heterocycles. The minimum atomic E-state index is -0.325. The number of hydrogen-bond donors (Lipinski definition) is 0. The SMILES string of the molecule is CCN(CCc1ccncc1)C1=C(c2ccc(Cl)cc2Cl)C(=O)N(CC)C1=O. The van der Waals surface area contributed by atoms with Crippen LogP contribution < -0.4 is 0 Å². The van der Waals surface area contributed by atoms with E-state index in [-0.39, 0.29) is 11.8 Å². The fourth-order valence-electron chi connectivity index (χ4n) is 3.32. The van der Waals surface area contributed by atoms with Crippen molar-refractivity contribution in [1.29, 1.82) is 0 Å². The first-order valence-electron chi connectivity index (χ1n) is 9.17. The number of amides is 2. The number of imide groups is 1. The van der Waals surface area contributed by atoms with Crippen LogP contribution in [0.3, 0.4) is 0 Å². The summed E-state index contributed by atoms with van der Waals surface area (Å²) in [7, 11) is 0. The molecule has 1 aliphatic heterocycles. The van der Waals surface area contributed by atoms with Gasteiger partial charge in [0.25, 0.3) is 11.8 Å². The number of hydrogen-bond acceptors (Lipinski definition) is 4. The summed E-state index contributed by atoms with van der Waals surface area (Å²) < 4.78 is 0. The van der Waals surface area contributed by atoms with Crippen LogP contribution in [0.15, 0.2) is 48.4 Å². The van der Waals surface area contributed by atoms with Crippen molar-refractivity contribution in [3.05, 3.63) is 69.6 Å². The van der Waals surface area contributed by atoms with Crippen molar-refractivity contribution < 1.29 is 9.59 Å². The Hall–Kier alpha value is -2.37. The van der Waals surface area contributed by atoms with Crippen LogP contribution in [0.2, 0.25) is 10.0 Å². The van der Waals surface area contributed by atoms with Crippen molar-refractivity contribution in [3.63, 3.8) is 0 Å². The summed E-state index contributed by atoms with van der Waals surface area (Å²) in [6, 6.07) is 8.84. The number of likely N-dealkylation sites (N-methyl/N-ethyl adjacent to an activating group) is 2. The van der Waals surface area contributed by atoms with Gasteiger partial charge in [-0.1, -0.05) is 29.3 Å². The number of nitrogens with zero attached hydrogens (tertiary/aromatic N) is 3. The predicted molar refractivity (Wildman–Crippen MR) is 111 cm³/mol. The van der Waals surface area contributed by atoms with E-state index in [1.54, 1.807) is 37.5 Å². The molecule has 28 heavy (non-hydrogen) atoms. The molecular formula is C21H21Cl2N3O2. The minimum Gasteiger partial charge on any atom is -0.366 e. The fourth-order valence-corrected chi connectivity index (χ4v) is 3.82. The molecule has 0 spiro atoms. The van der Waals surface area contributed by atoms with Gasteiger partial charge in [-0.15, -0.1) is 0 Å². The highest BCUT2D eigenvalue weighted by Crippen LogP contribution is 2.36. The van der Waals surface area contributed by atoms with Gasteiger partial charge in [-0.2, -0.15) is 0 Å². The zero-order chi connectivity index (χ0) is 20.3. The highest BCUT2D eigenvalue weighted by atomic mass is 35.5. The maximum atomic E-state index is 13.0. The molecule has 5 nitrogen and oxygen atoms in total. The van der Waals surface area contributed by atoms with Crippen LogP contribution >= 0.6 is 23.2 Å². The van der Waals surface area contributed by atoms with Gasteiger partial charge in [0.2, 0.25) is 0 Å². The highest BCUT2D eigenvalue weighted by molar-refractivity contribution is 6.41. The zero-order valence-electron chi connectivity index (χ0n) is 15.8. The van der Waals surface area contributed by atoms with E-state index in [2.05, 4.69) is 4.98 Å². The number of pyridine rings is 1. The lowest BCUT2D eigenvalue weighted by atomic mass is 10.0. The van der Waals surface area contributed by atoms with E-state index in [0.29, 0.717) is 46.5 Å². The smallest absolute Gasteiger partial charge is 0.277 e. The fraction of sp³-hybridized carbons (Fsp3) is 0.286. The van der Waals surface area contributed by atoms with Crippen molar-refractivity contribution in [3.8, 4) is 0 Å². The van der Waals surface area contributed by atoms with Gasteiger partial charge >= 0.3 is 0 Å². The van der Waals surface area contributed by atoms with Gasteiger partial charge in [-0.25, -0.2) is 0 Å². The summed E-state index contributed by atoms with van der Waals surface area (Å²) in [4.78, 5) is 33.3. The molecule has 7 heteroatoms. The Morgan fingerprint density at radius 1 is 1.04 bits per heavy atom. The molecule has 2 aromatic rings. The highest BCUT2D eigenvalue weighted by Gasteiger charge is 2.41. The first kappa shape index (κ1) is 20.4. The predicted octanol–water partition coefficient (Wildman–Crippen LogP) is 4.05. The average molecular weight is 418 g/mol. The molecule has 0 fully saturated rings.